The minimum atomic E-state index is 0.412. The Labute approximate surface area is 107 Å². The summed E-state index contributed by atoms with van der Waals surface area (Å²) in [7, 11) is 0. The summed E-state index contributed by atoms with van der Waals surface area (Å²) in [4.78, 5) is 0. The van der Waals surface area contributed by atoms with Crippen LogP contribution in [-0.4, -0.2) is 14.8 Å². The maximum absolute atomic E-state index is 5.82. The van der Waals surface area contributed by atoms with Crippen molar-refractivity contribution >= 4 is 5.69 Å². The monoisotopic (exact) mass is 242 g/mol. The van der Waals surface area contributed by atoms with Crippen LogP contribution in [-0.2, 0) is 6.42 Å². The number of benzene rings is 1. The Morgan fingerprint density at radius 1 is 1.44 bits per heavy atom. The molecular formula is C14H18N4. The standard InChI is InChI=1S/C14H18N4/c1-10(11-3-2-4-12(15)8-11)7-14-17-16-9-18(14)13-5-6-13/h2-4,8-10,13H,5-7,15H2,1H3. The van der Waals surface area contributed by atoms with Crippen LogP contribution in [0.4, 0.5) is 5.69 Å². The van der Waals surface area contributed by atoms with Crippen LogP contribution in [0.15, 0.2) is 30.6 Å². The molecule has 0 saturated heterocycles. The van der Waals surface area contributed by atoms with E-state index in [9.17, 15) is 0 Å². The van der Waals surface area contributed by atoms with Crippen molar-refractivity contribution in [2.45, 2.75) is 38.1 Å². The van der Waals surface area contributed by atoms with Gasteiger partial charge in [0.05, 0.1) is 0 Å². The van der Waals surface area contributed by atoms with E-state index >= 15 is 0 Å². The van der Waals surface area contributed by atoms with Crippen molar-refractivity contribution in [3.63, 3.8) is 0 Å². The molecule has 0 aliphatic heterocycles. The molecule has 1 aliphatic rings. The van der Waals surface area contributed by atoms with E-state index < -0.39 is 0 Å². The summed E-state index contributed by atoms with van der Waals surface area (Å²) < 4.78 is 2.22. The number of rotatable bonds is 4. The molecule has 0 spiro atoms. The molecule has 1 saturated carbocycles. The normalized spacial score (nSPS) is 16.7. The summed E-state index contributed by atoms with van der Waals surface area (Å²) in [5, 5.41) is 8.28. The van der Waals surface area contributed by atoms with Crippen molar-refractivity contribution in [2.24, 2.45) is 0 Å². The van der Waals surface area contributed by atoms with E-state index in [-0.39, 0.29) is 0 Å². The second kappa shape index (κ2) is 4.44. The SMILES string of the molecule is CC(Cc1nncn1C1CC1)c1cccc(N)c1. The average molecular weight is 242 g/mol. The first kappa shape index (κ1) is 11.3. The zero-order valence-electron chi connectivity index (χ0n) is 10.6. The molecule has 1 fully saturated rings. The quantitative estimate of drug-likeness (QED) is 0.838. The van der Waals surface area contributed by atoms with E-state index in [4.69, 9.17) is 5.73 Å². The molecule has 94 valence electrons. The molecule has 1 unspecified atom stereocenters. The highest BCUT2D eigenvalue weighted by Gasteiger charge is 2.26. The minimum Gasteiger partial charge on any atom is -0.399 e. The third-order valence-electron chi connectivity index (χ3n) is 3.56. The predicted octanol–water partition coefficient (Wildman–Crippen LogP) is 2.54. The molecule has 1 heterocycles. The highest BCUT2D eigenvalue weighted by molar-refractivity contribution is 5.41. The lowest BCUT2D eigenvalue weighted by Crippen LogP contribution is -2.06. The van der Waals surface area contributed by atoms with E-state index in [1.165, 1.54) is 18.4 Å². The molecular weight excluding hydrogens is 224 g/mol. The van der Waals surface area contributed by atoms with Gasteiger partial charge in [-0.2, -0.15) is 0 Å². The molecule has 0 bridgehead atoms. The number of hydrogen-bond acceptors (Lipinski definition) is 3. The topological polar surface area (TPSA) is 56.7 Å². The molecule has 4 heteroatoms. The third kappa shape index (κ3) is 2.23. The van der Waals surface area contributed by atoms with E-state index in [1.807, 2.05) is 24.5 Å². The molecule has 3 rings (SSSR count). The van der Waals surface area contributed by atoms with Crippen molar-refractivity contribution < 1.29 is 0 Å². The van der Waals surface area contributed by atoms with Gasteiger partial charge in [0.2, 0.25) is 0 Å². The van der Waals surface area contributed by atoms with Gasteiger partial charge < -0.3 is 10.3 Å². The number of aromatic nitrogens is 3. The van der Waals surface area contributed by atoms with Gasteiger partial charge in [-0.3, -0.25) is 0 Å². The van der Waals surface area contributed by atoms with Crippen LogP contribution in [0.3, 0.4) is 0 Å². The Balaban J connectivity index is 1.77. The summed E-state index contributed by atoms with van der Waals surface area (Å²) in [5.74, 6) is 1.50. The lowest BCUT2D eigenvalue weighted by atomic mass is 9.97. The average Bonchev–Trinajstić information content (AvgIpc) is 3.10. The number of nitrogens with two attached hydrogens (primary N) is 1. The lowest BCUT2D eigenvalue weighted by Gasteiger charge is -2.12. The first-order chi connectivity index (χ1) is 8.74. The van der Waals surface area contributed by atoms with E-state index in [0.29, 0.717) is 12.0 Å². The Morgan fingerprint density at radius 3 is 3.00 bits per heavy atom. The Hall–Kier alpha value is -1.84. The zero-order valence-corrected chi connectivity index (χ0v) is 10.6. The van der Waals surface area contributed by atoms with Gasteiger partial charge in [-0.1, -0.05) is 19.1 Å². The summed E-state index contributed by atoms with van der Waals surface area (Å²) in [6.07, 6.45) is 5.30. The molecule has 4 nitrogen and oxygen atoms in total. The van der Waals surface area contributed by atoms with Gasteiger partial charge in [0.1, 0.15) is 12.2 Å². The lowest BCUT2D eigenvalue weighted by molar-refractivity contribution is 0.633. The number of anilines is 1. The molecule has 0 amide bonds. The zero-order chi connectivity index (χ0) is 12.5. The van der Waals surface area contributed by atoms with Crippen molar-refractivity contribution in [1.82, 2.24) is 14.8 Å². The van der Waals surface area contributed by atoms with Crippen molar-refractivity contribution in [3.8, 4) is 0 Å². The van der Waals surface area contributed by atoms with Crippen molar-refractivity contribution in [2.75, 3.05) is 5.73 Å². The smallest absolute Gasteiger partial charge is 0.133 e. The second-order valence-electron chi connectivity index (χ2n) is 5.16. The highest BCUT2D eigenvalue weighted by Crippen LogP contribution is 2.36. The predicted molar refractivity (Wildman–Crippen MR) is 71.3 cm³/mol. The van der Waals surface area contributed by atoms with Crippen LogP contribution in [0.1, 0.15) is 43.1 Å². The molecule has 2 N–H and O–H groups in total. The fourth-order valence-corrected chi connectivity index (χ4v) is 2.33. The molecule has 2 aromatic rings. The molecule has 1 aliphatic carbocycles. The van der Waals surface area contributed by atoms with Crippen LogP contribution in [0, 0.1) is 0 Å². The van der Waals surface area contributed by atoms with Crippen LogP contribution >= 0.6 is 0 Å². The molecule has 0 radical (unpaired) electrons. The largest absolute Gasteiger partial charge is 0.399 e. The second-order valence-corrected chi connectivity index (χ2v) is 5.16. The summed E-state index contributed by atoms with van der Waals surface area (Å²) in [6, 6.07) is 8.74. The summed E-state index contributed by atoms with van der Waals surface area (Å²) in [5.41, 5.74) is 7.91. The van der Waals surface area contributed by atoms with Crippen LogP contribution in [0.25, 0.3) is 0 Å². The number of nitrogen functional groups attached to an aromatic ring is 1. The maximum atomic E-state index is 5.82. The van der Waals surface area contributed by atoms with Gasteiger partial charge in [-0.15, -0.1) is 10.2 Å². The number of nitrogens with zero attached hydrogens (tertiary/aromatic N) is 3. The highest BCUT2D eigenvalue weighted by atomic mass is 15.3. The van der Waals surface area contributed by atoms with Gasteiger partial charge in [0, 0.05) is 18.2 Å². The summed E-state index contributed by atoms with van der Waals surface area (Å²) in [6.45, 7) is 2.21. The maximum Gasteiger partial charge on any atom is 0.133 e. The summed E-state index contributed by atoms with van der Waals surface area (Å²) >= 11 is 0. The molecule has 1 atom stereocenters. The van der Waals surface area contributed by atoms with E-state index in [1.54, 1.807) is 0 Å². The van der Waals surface area contributed by atoms with Gasteiger partial charge in [-0.25, -0.2) is 0 Å². The molecule has 18 heavy (non-hydrogen) atoms. The molecule has 1 aromatic carbocycles. The Kier molecular flexibility index (Phi) is 2.78. The van der Waals surface area contributed by atoms with Crippen molar-refractivity contribution in [3.05, 3.63) is 42.0 Å². The van der Waals surface area contributed by atoms with Crippen LogP contribution in [0.5, 0.6) is 0 Å². The van der Waals surface area contributed by atoms with Gasteiger partial charge in [0.25, 0.3) is 0 Å². The Bertz CT molecular complexity index is 542. The fourth-order valence-electron chi connectivity index (χ4n) is 2.33. The van der Waals surface area contributed by atoms with Gasteiger partial charge >= 0.3 is 0 Å². The number of hydrogen-bond donors (Lipinski definition) is 1. The Morgan fingerprint density at radius 2 is 2.28 bits per heavy atom. The third-order valence-corrected chi connectivity index (χ3v) is 3.56. The first-order valence-electron chi connectivity index (χ1n) is 6.48. The van der Waals surface area contributed by atoms with E-state index in [2.05, 4.69) is 27.8 Å². The first-order valence-corrected chi connectivity index (χ1v) is 6.48. The fraction of sp³-hybridized carbons (Fsp3) is 0.429. The van der Waals surface area contributed by atoms with Crippen LogP contribution < -0.4 is 5.73 Å². The minimum absolute atomic E-state index is 0.412. The van der Waals surface area contributed by atoms with Crippen LogP contribution in [0.2, 0.25) is 0 Å². The van der Waals surface area contributed by atoms with Crippen molar-refractivity contribution in [1.29, 1.82) is 0 Å². The van der Waals surface area contributed by atoms with Gasteiger partial charge in [0.15, 0.2) is 0 Å². The molecule has 1 aromatic heterocycles. The van der Waals surface area contributed by atoms with E-state index in [0.717, 1.165) is 17.9 Å². The van der Waals surface area contributed by atoms with Gasteiger partial charge in [-0.05, 0) is 36.5 Å².